The predicted molar refractivity (Wildman–Crippen MR) is 133 cm³/mol. The molecule has 0 aliphatic rings. The maximum atomic E-state index is 13.2. The first-order valence-corrected chi connectivity index (χ1v) is 12.1. The number of aryl methyl sites for hydroxylation is 1. The second-order valence-electron chi connectivity index (χ2n) is 8.03. The molecule has 0 saturated carbocycles. The van der Waals surface area contributed by atoms with Crippen molar-refractivity contribution in [1.82, 2.24) is 10.2 Å². The summed E-state index contributed by atoms with van der Waals surface area (Å²) in [6, 6.07) is 10.1. The highest BCUT2D eigenvalue weighted by Gasteiger charge is 2.29. The minimum Gasteiger partial charge on any atom is -0.484 e. The van der Waals surface area contributed by atoms with Crippen LogP contribution >= 0.6 is 39.1 Å². The second kappa shape index (κ2) is 12.5. The first kappa shape index (κ1) is 26.5. The minimum atomic E-state index is -0.633. The predicted octanol–water partition coefficient (Wildman–Crippen LogP) is 6.02. The monoisotopic (exact) mass is 542 g/mol. The summed E-state index contributed by atoms with van der Waals surface area (Å²) < 4.78 is 6.71. The molecule has 1 N–H and O–H groups in total. The molecule has 0 fully saturated rings. The molecule has 0 aliphatic heterocycles. The van der Waals surface area contributed by atoms with E-state index in [0.717, 1.165) is 15.6 Å². The van der Waals surface area contributed by atoms with Gasteiger partial charge in [-0.1, -0.05) is 66.0 Å². The SMILES string of the molecule is CC[C@@H](C(=O)NCC(C)C)N(Cc1ccc(Cl)c(Cl)c1)C(=O)COc1ccc(Br)c(C)c1. The van der Waals surface area contributed by atoms with E-state index in [-0.39, 0.29) is 25.0 Å². The highest BCUT2D eigenvalue weighted by molar-refractivity contribution is 9.10. The van der Waals surface area contributed by atoms with Crippen molar-refractivity contribution < 1.29 is 14.3 Å². The fourth-order valence-corrected chi connectivity index (χ4v) is 3.68. The van der Waals surface area contributed by atoms with E-state index in [9.17, 15) is 9.59 Å². The fourth-order valence-electron chi connectivity index (χ4n) is 3.11. The molecule has 32 heavy (non-hydrogen) atoms. The topological polar surface area (TPSA) is 58.6 Å². The van der Waals surface area contributed by atoms with Crippen molar-refractivity contribution in [3.63, 3.8) is 0 Å². The summed E-state index contributed by atoms with van der Waals surface area (Å²) in [5, 5.41) is 3.77. The highest BCUT2D eigenvalue weighted by Crippen LogP contribution is 2.25. The normalized spacial score (nSPS) is 11.9. The van der Waals surface area contributed by atoms with Gasteiger partial charge in [-0.2, -0.15) is 0 Å². The van der Waals surface area contributed by atoms with Crippen molar-refractivity contribution in [3.8, 4) is 5.75 Å². The number of hydrogen-bond acceptors (Lipinski definition) is 3. The molecule has 0 aliphatic carbocycles. The van der Waals surface area contributed by atoms with Gasteiger partial charge in [0.2, 0.25) is 5.91 Å². The van der Waals surface area contributed by atoms with Crippen LogP contribution in [0.5, 0.6) is 5.75 Å². The van der Waals surface area contributed by atoms with E-state index in [0.29, 0.717) is 34.7 Å². The fraction of sp³-hybridized carbons (Fsp3) is 0.417. The molecule has 8 heteroatoms. The number of hydrogen-bond donors (Lipinski definition) is 1. The standard InChI is InChI=1S/C24H29BrCl2N2O3/c1-5-22(24(31)28-12-15(2)3)29(13-17-6-9-20(26)21(27)11-17)23(30)14-32-18-7-8-19(25)16(4)10-18/h6-11,15,22H,5,12-14H2,1-4H3,(H,28,31)/t22-/m0/s1. The molecular formula is C24H29BrCl2N2O3. The van der Waals surface area contributed by atoms with Crippen LogP contribution in [0.4, 0.5) is 0 Å². The lowest BCUT2D eigenvalue weighted by Gasteiger charge is -2.31. The molecule has 2 amide bonds. The van der Waals surface area contributed by atoms with E-state index >= 15 is 0 Å². The molecule has 0 spiro atoms. The Hall–Kier alpha value is -1.76. The van der Waals surface area contributed by atoms with E-state index in [4.69, 9.17) is 27.9 Å². The van der Waals surface area contributed by atoms with Gasteiger partial charge in [0, 0.05) is 17.6 Å². The van der Waals surface area contributed by atoms with Crippen LogP contribution in [0.1, 0.15) is 38.3 Å². The van der Waals surface area contributed by atoms with Crippen molar-refractivity contribution >= 4 is 50.9 Å². The van der Waals surface area contributed by atoms with Crippen LogP contribution in [0, 0.1) is 12.8 Å². The van der Waals surface area contributed by atoms with Gasteiger partial charge in [0.1, 0.15) is 11.8 Å². The van der Waals surface area contributed by atoms with E-state index in [1.807, 2.05) is 39.8 Å². The Morgan fingerprint density at radius 2 is 1.84 bits per heavy atom. The third kappa shape index (κ3) is 7.68. The maximum Gasteiger partial charge on any atom is 0.261 e. The van der Waals surface area contributed by atoms with E-state index < -0.39 is 6.04 Å². The number of nitrogens with one attached hydrogen (secondary N) is 1. The lowest BCUT2D eigenvalue weighted by molar-refractivity contribution is -0.143. The molecule has 0 radical (unpaired) electrons. The van der Waals surface area contributed by atoms with E-state index in [2.05, 4.69) is 21.2 Å². The molecule has 5 nitrogen and oxygen atoms in total. The number of carbonyl (C=O) groups excluding carboxylic acids is 2. The Labute approximate surface area is 208 Å². The average Bonchev–Trinajstić information content (AvgIpc) is 2.75. The van der Waals surface area contributed by atoms with Crippen LogP contribution in [-0.2, 0) is 16.1 Å². The van der Waals surface area contributed by atoms with E-state index in [1.54, 1.807) is 29.2 Å². The molecule has 2 rings (SSSR count). The Bertz CT molecular complexity index is 953. The Balaban J connectivity index is 2.23. The molecule has 174 valence electrons. The summed E-state index contributed by atoms with van der Waals surface area (Å²) in [7, 11) is 0. The molecule has 0 bridgehead atoms. The number of carbonyl (C=O) groups is 2. The number of nitrogens with zero attached hydrogens (tertiary/aromatic N) is 1. The summed E-state index contributed by atoms with van der Waals surface area (Å²) in [5.74, 6) is 0.419. The average molecular weight is 544 g/mol. The zero-order valence-corrected chi connectivity index (χ0v) is 21.9. The smallest absolute Gasteiger partial charge is 0.261 e. The lowest BCUT2D eigenvalue weighted by atomic mass is 10.1. The van der Waals surface area contributed by atoms with Gasteiger partial charge in [-0.15, -0.1) is 0 Å². The molecule has 1 atom stereocenters. The summed E-state index contributed by atoms with van der Waals surface area (Å²) >= 11 is 15.6. The van der Waals surface area contributed by atoms with Gasteiger partial charge in [0.25, 0.3) is 5.91 Å². The van der Waals surface area contributed by atoms with Crippen molar-refractivity contribution in [1.29, 1.82) is 0 Å². The van der Waals surface area contributed by atoms with Gasteiger partial charge in [0.15, 0.2) is 6.61 Å². The van der Waals surface area contributed by atoms with Crippen molar-refractivity contribution in [2.75, 3.05) is 13.2 Å². The van der Waals surface area contributed by atoms with Crippen molar-refractivity contribution in [3.05, 3.63) is 62.0 Å². The van der Waals surface area contributed by atoms with Crippen LogP contribution in [0.3, 0.4) is 0 Å². The summed E-state index contributed by atoms with van der Waals surface area (Å²) in [5.41, 5.74) is 1.78. The van der Waals surface area contributed by atoms with Gasteiger partial charge in [0.05, 0.1) is 10.0 Å². The zero-order valence-electron chi connectivity index (χ0n) is 18.8. The Morgan fingerprint density at radius 1 is 1.12 bits per heavy atom. The van der Waals surface area contributed by atoms with Crippen molar-refractivity contribution in [2.45, 2.75) is 46.7 Å². The molecule has 2 aromatic rings. The molecule has 0 heterocycles. The third-order valence-electron chi connectivity index (χ3n) is 4.90. The summed E-state index contributed by atoms with van der Waals surface area (Å²) in [4.78, 5) is 27.7. The van der Waals surface area contributed by atoms with Gasteiger partial charge < -0.3 is 15.0 Å². The molecule has 0 saturated heterocycles. The minimum absolute atomic E-state index is 0.184. The van der Waals surface area contributed by atoms with Crippen LogP contribution in [-0.4, -0.2) is 35.9 Å². The molecule has 0 unspecified atom stereocenters. The van der Waals surface area contributed by atoms with Gasteiger partial charge in [-0.3, -0.25) is 9.59 Å². The number of benzene rings is 2. The number of amides is 2. The Morgan fingerprint density at radius 3 is 2.44 bits per heavy atom. The quantitative estimate of drug-likeness (QED) is 0.398. The van der Waals surface area contributed by atoms with Crippen LogP contribution < -0.4 is 10.1 Å². The number of rotatable bonds is 10. The first-order valence-electron chi connectivity index (χ1n) is 10.5. The van der Waals surface area contributed by atoms with Crippen LogP contribution in [0.25, 0.3) is 0 Å². The van der Waals surface area contributed by atoms with Gasteiger partial charge in [-0.25, -0.2) is 0 Å². The van der Waals surface area contributed by atoms with E-state index in [1.165, 1.54) is 0 Å². The number of halogens is 3. The largest absolute Gasteiger partial charge is 0.484 e. The van der Waals surface area contributed by atoms with Crippen LogP contribution in [0.2, 0.25) is 10.0 Å². The summed E-state index contributed by atoms with van der Waals surface area (Å²) in [6.07, 6.45) is 0.467. The van der Waals surface area contributed by atoms with Crippen molar-refractivity contribution in [2.24, 2.45) is 5.92 Å². The molecule has 2 aromatic carbocycles. The molecular weight excluding hydrogens is 515 g/mol. The zero-order chi connectivity index (χ0) is 23.8. The first-order chi connectivity index (χ1) is 15.1. The van der Waals surface area contributed by atoms with Gasteiger partial charge >= 0.3 is 0 Å². The van der Waals surface area contributed by atoms with Crippen LogP contribution in [0.15, 0.2) is 40.9 Å². The summed E-state index contributed by atoms with van der Waals surface area (Å²) in [6.45, 7) is 8.44. The third-order valence-corrected chi connectivity index (χ3v) is 6.53. The second-order valence-corrected chi connectivity index (χ2v) is 9.70. The highest BCUT2D eigenvalue weighted by atomic mass is 79.9. The lowest BCUT2D eigenvalue weighted by Crippen LogP contribution is -2.50. The molecule has 0 aromatic heterocycles. The van der Waals surface area contributed by atoms with Gasteiger partial charge in [-0.05, 0) is 60.7 Å². The maximum absolute atomic E-state index is 13.2. The Kier molecular flexibility index (Phi) is 10.3. The number of ether oxygens (including phenoxy) is 1.